The lowest BCUT2D eigenvalue weighted by atomic mass is 10.2. The first-order chi connectivity index (χ1) is 6.88. The van der Waals surface area contributed by atoms with Crippen LogP contribution in [0.5, 0.6) is 5.75 Å². The Morgan fingerprint density at radius 2 is 1.60 bits per heavy atom. The molecular formula is C8H5Br2NO4. The molecule has 1 aromatic carbocycles. The van der Waals surface area contributed by atoms with Crippen molar-refractivity contribution in [2.75, 3.05) is 0 Å². The van der Waals surface area contributed by atoms with E-state index in [9.17, 15) is 5.11 Å². The van der Waals surface area contributed by atoms with Crippen molar-refractivity contribution in [3.05, 3.63) is 26.6 Å². The van der Waals surface area contributed by atoms with Gasteiger partial charge in [-0.1, -0.05) is 0 Å². The summed E-state index contributed by atoms with van der Waals surface area (Å²) in [5.41, 5.74) is 0.501. The van der Waals surface area contributed by atoms with Gasteiger partial charge < -0.3 is 15.3 Å². The van der Waals surface area contributed by atoms with Gasteiger partial charge in [0.05, 0.1) is 20.6 Å². The van der Waals surface area contributed by atoms with Crippen molar-refractivity contribution in [1.29, 1.82) is 5.26 Å². The summed E-state index contributed by atoms with van der Waals surface area (Å²) in [6.45, 7) is 0. The molecule has 80 valence electrons. The Morgan fingerprint density at radius 3 is 1.87 bits per heavy atom. The molecule has 0 aliphatic heterocycles. The van der Waals surface area contributed by atoms with Crippen LogP contribution in [0.4, 0.5) is 4.79 Å². The summed E-state index contributed by atoms with van der Waals surface area (Å²) in [6.07, 6.45) is -1.83. The highest BCUT2D eigenvalue weighted by molar-refractivity contribution is 9.11. The minimum Gasteiger partial charge on any atom is -0.506 e. The molecule has 0 unspecified atom stereocenters. The fourth-order valence-electron chi connectivity index (χ4n) is 0.630. The Balaban J connectivity index is 0.000000423. The zero-order valence-corrected chi connectivity index (χ0v) is 10.3. The molecule has 5 nitrogen and oxygen atoms in total. The molecule has 3 N–H and O–H groups in total. The number of aromatic hydroxyl groups is 1. The molecule has 1 aromatic rings. The topological polar surface area (TPSA) is 102 Å². The second kappa shape index (κ2) is 6.27. The van der Waals surface area contributed by atoms with Crippen LogP contribution in [0.2, 0.25) is 0 Å². The number of phenols is 1. The number of carbonyl (C=O) groups is 1. The highest BCUT2D eigenvalue weighted by Gasteiger charge is 2.04. The first-order valence-corrected chi connectivity index (χ1v) is 4.97. The van der Waals surface area contributed by atoms with E-state index in [0.717, 1.165) is 0 Å². The first kappa shape index (κ1) is 13.7. The summed E-state index contributed by atoms with van der Waals surface area (Å²) in [5.74, 6) is 0.115. The summed E-state index contributed by atoms with van der Waals surface area (Å²) in [7, 11) is 0. The predicted octanol–water partition coefficient (Wildman–Crippen LogP) is 3.01. The third-order valence-electron chi connectivity index (χ3n) is 1.15. The van der Waals surface area contributed by atoms with E-state index in [1.165, 1.54) is 0 Å². The van der Waals surface area contributed by atoms with Crippen LogP contribution >= 0.6 is 31.9 Å². The molecule has 0 bridgehead atoms. The monoisotopic (exact) mass is 337 g/mol. The molecule has 0 atom stereocenters. The van der Waals surface area contributed by atoms with Gasteiger partial charge in [-0.15, -0.1) is 0 Å². The summed E-state index contributed by atoms with van der Waals surface area (Å²) in [4.78, 5) is 8.56. The third kappa shape index (κ3) is 5.24. The minimum atomic E-state index is -1.83. The maximum absolute atomic E-state index is 9.22. The van der Waals surface area contributed by atoms with Gasteiger partial charge in [0.1, 0.15) is 5.75 Å². The van der Waals surface area contributed by atoms with Crippen molar-refractivity contribution in [1.82, 2.24) is 0 Å². The van der Waals surface area contributed by atoms with Crippen LogP contribution in [0.15, 0.2) is 21.1 Å². The second-order valence-electron chi connectivity index (χ2n) is 2.18. The highest BCUT2D eigenvalue weighted by atomic mass is 79.9. The molecule has 0 heterocycles. The Bertz CT molecular complexity index is 387. The van der Waals surface area contributed by atoms with E-state index < -0.39 is 6.16 Å². The maximum atomic E-state index is 9.22. The normalized spacial score (nSPS) is 8.33. The summed E-state index contributed by atoms with van der Waals surface area (Å²) in [6, 6.07) is 5.08. The van der Waals surface area contributed by atoms with Gasteiger partial charge in [0, 0.05) is 0 Å². The van der Waals surface area contributed by atoms with Crippen LogP contribution in [0, 0.1) is 11.3 Å². The SMILES string of the molecule is N#Cc1cc(Br)c(O)c(Br)c1.O=C(O)O. The molecule has 0 spiro atoms. The first-order valence-electron chi connectivity index (χ1n) is 3.38. The highest BCUT2D eigenvalue weighted by Crippen LogP contribution is 2.32. The summed E-state index contributed by atoms with van der Waals surface area (Å²) >= 11 is 6.21. The van der Waals surface area contributed by atoms with Crippen molar-refractivity contribution in [2.45, 2.75) is 0 Å². The molecule has 0 aromatic heterocycles. The van der Waals surface area contributed by atoms with Gasteiger partial charge in [-0.2, -0.15) is 5.26 Å². The molecule has 15 heavy (non-hydrogen) atoms. The zero-order chi connectivity index (χ0) is 12.0. The number of rotatable bonds is 0. The van der Waals surface area contributed by atoms with E-state index >= 15 is 0 Å². The summed E-state index contributed by atoms with van der Waals surface area (Å²) < 4.78 is 1.03. The minimum absolute atomic E-state index is 0.115. The molecule has 0 amide bonds. The van der Waals surface area contributed by atoms with Gasteiger partial charge in [-0.05, 0) is 44.0 Å². The number of hydrogen-bond donors (Lipinski definition) is 3. The van der Waals surface area contributed by atoms with E-state index in [1.807, 2.05) is 6.07 Å². The Hall–Kier alpha value is -1.26. The fourth-order valence-corrected chi connectivity index (χ4v) is 1.82. The van der Waals surface area contributed by atoms with Gasteiger partial charge in [0.15, 0.2) is 0 Å². The zero-order valence-electron chi connectivity index (χ0n) is 7.11. The molecule has 0 aliphatic carbocycles. The van der Waals surface area contributed by atoms with Crippen LogP contribution in [0.25, 0.3) is 0 Å². The number of phenolic OH excluding ortho intramolecular Hbond substituents is 1. The predicted molar refractivity (Wildman–Crippen MR) is 58.9 cm³/mol. The average Bonchev–Trinajstić information content (AvgIpc) is 2.12. The lowest BCUT2D eigenvalue weighted by Gasteiger charge is -1.99. The van der Waals surface area contributed by atoms with Crippen LogP contribution in [0.1, 0.15) is 5.56 Å². The number of hydrogen-bond acceptors (Lipinski definition) is 3. The molecule has 7 heteroatoms. The molecule has 0 fully saturated rings. The van der Waals surface area contributed by atoms with Gasteiger partial charge >= 0.3 is 6.16 Å². The van der Waals surface area contributed by atoms with Gasteiger partial charge in [-0.3, -0.25) is 0 Å². The van der Waals surface area contributed by atoms with Crippen molar-refractivity contribution < 1.29 is 20.1 Å². The van der Waals surface area contributed by atoms with Gasteiger partial charge in [0.25, 0.3) is 0 Å². The smallest absolute Gasteiger partial charge is 0.503 e. The lowest BCUT2D eigenvalue weighted by molar-refractivity contribution is 0.137. The number of nitriles is 1. The van der Waals surface area contributed by atoms with Crippen LogP contribution in [-0.2, 0) is 0 Å². The lowest BCUT2D eigenvalue weighted by Crippen LogP contribution is -1.81. The van der Waals surface area contributed by atoms with Crippen LogP contribution in [-0.4, -0.2) is 21.5 Å². The summed E-state index contributed by atoms with van der Waals surface area (Å²) in [5, 5.41) is 31.7. The van der Waals surface area contributed by atoms with Crippen molar-refractivity contribution in [2.24, 2.45) is 0 Å². The van der Waals surface area contributed by atoms with Crippen molar-refractivity contribution >= 4 is 38.0 Å². The van der Waals surface area contributed by atoms with Gasteiger partial charge in [-0.25, -0.2) is 4.79 Å². The Kier molecular flexibility index (Phi) is 5.74. The number of nitrogens with zero attached hydrogens (tertiary/aromatic N) is 1. The van der Waals surface area contributed by atoms with E-state index in [0.29, 0.717) is 14.5 Å². The standard InChI is InChI=1S/C7H3Br2NO.CH2O3/c8-5-1-4(3-10)2-6(9)7(5)11;2-1(3)4/h1-2,11H;(H2,2,3,4). The second-order valence-corrected chi connectivity index (χ2v) is 3.89. The van der Waals surface area contributed by atoms with Crippen LogP contribution in [0.3, 0.4) is 0 Å². The molecular weight excluding hydrogens is 334 g/mol. The quantitative estimate of drug-likeness (QED) is 0.674. The van der Waals surface area contributed by atoms with Crippen molar-refractivity contribution in [3.8, 4) is 11.8 Å². The van der Waals surface area contributed by atoms with E-state index in [-0.39, 0.29) is 5.75 Å². The maximum Gasteiger partial charge on any atom is 0.503 e. The van der Waals surface area contributed by atoms with Crippen LogP contribution < -0.4 is 0 Å². The molecule has 0 saturated heterocycles. The Labute approximate surface area is 102 Å². The number of carboxylic acid groups (broad SMARTS) is 2. The molecule has 0 saturated carbocycles. The molecule has 0 aliphatic rings. The van der Waals surface area contributed by atoms with E-state index in [2.05, 4.69) is 31.9 Å². The average molecular weight is 339 g/mol. The number of halogens is 2. The van der Waals surface area contributed by atoms with E-state index in [1.54, 1.807) is 12.1 Å². The largest absolute Gasteiger partial charge is 0.506 e. The van der Waals surface area contributed by atoms with Gasteiger partial charge in [0.2, 0.25) is 0 Å². The third-order valence-corrected chi connectivity index (χ3v) is 2.35. The van der Waals surface area contributed by atoms with Crippen molar-refractivity contribution in [3.63, 3.8) is 0 Å². The number of benzene rings is 1. The Morgan fingerprint density at radius 1 is 1.27 bits per heavy atom. The molecule has 1 rings (SSSR count). The fraction of sp³-hybridized carbons (Fsp3) is 0. The van der Waals surface area contributed by atoms with E-state index in [4.69, 9.17) is 20.3 Å². The molecule has 0 radical (unpaired) electrons.